The van der Waals surface area contributed by atoms with Gasteiger partial charge in [-0.3, -0.25) is 0 Å². The molecule has 0 heterocycles. The summed E-state index contributed by atoms with van der Waals surface area (Å²) in [6.45, 7) is 1.95. The van der Waals surface area contributed by atoms with E-state index in [2.05, 4.69) is 31.9 Å². The van der Waals surface area contributed by atoms with Crippen molar-refractivity contribution in [1.82, 2.24) is 0 Å². The molecule has 0 spiro atoms. The first kappa shape index (κ1) is 17.1. The smallest absolute Gasteiger partial charge is 0.147 e. The fourth-order valence-corrected chi connectivity index (χ4v) is 3.01. The van der Waals surface area contributed by atoms with E-state index in [1.165, 1.54) is 0 Å². The summed E-state index contributed by atoms with van der Waals surface area (Å²) in [6.07, 6.45) is 0.713. The third-order valence-electron chi connectivity index (χ3n) is 2.77. The average molecular weight is 454 g/mol. The average Bonchev–Trinajstić information content (AvgIpc) is 2.38. The molecular weight excluding hydrogens is 441 g/mol. The van der Waals surface area contributed by atoms with Crippen LogP contribution in [0.2, 0.25) is 10.0 Å². The predicted octanol–water partition coefficient (Wildman–Crippen LogP) is 6.20. The largest absolute Gasteiger partial charge is 0.455 e. The molecule has 0 aromatic heterocycles. The summed E-state index contributed by atoms with van der Waals surface area (Å²) < 4.78 is 7.58. The molecule has 21 heavy (non-hydrogen) atoms. The van der Waals surface area contributed by atoms with E-state index in [-0.39, 0.29) is 6.04 Å². The summed E-state index contributed by atoms with van der Waals surface area (Å²) in [4.78, 5) is 0. The molecule has 0 aliphatic heterocycles. The molecule has 1 unspecified atom stereocenters. The van der Waals surface area contributed by atoms with Crippen molar-refractivity contribution in [2.45, 2.75) is 19.4 Å². The van der Waals surface area contributed by atoms with E-state index in [0.29, 0.717) is 28.0 Å². The molecule has 0 fully saturated rings. The van der Waals surface area contributed by atoms with Gasteiger partial charge in [-0.05, 0) is 53.0 Å². The van der Waals surface area contributed by atoms with Gasteiger partial charge in [0.1, 0.15) is 11.5 Å². The number of nitrogens with two attached hydrogens (primary N) is 1. The van der Waals surface area contributed by atoms with Crippen molar-refractivity contribution in [3.63, 3.8) is 0 Å². The molecule has 0 bridgehead atoms. The maximum absolute atomic E-state index is 6.20. The highest BCUT2D eigenvalue weighted by molar-refractivity contribution is 9.10. The molecule has 112 valence electrons. The maximum Gasteiger partial charge on any atom is 0.147 e. The molecular formula is C15H13Br2Cl2NO. The molecule has 0 saturated carbocycles. The van der Waals surface area contributed by atoms with Gasteiger partial charge in [-0.25, -0.2) is 0 Å². The minimum Gasteiger partial charge on any atom is -0.455 e. The zero-order chi connectivity index (χ0) is 15.6. The van der Waals surface area contributed by atoms with Crippen molar-refractivity contribution in [3.8, 4) is 11.5 Å². The molecule has 0 aliphatic carbocycles. The molecule has 0 saturated heterocycles. The first-order chi connectivity index (χ1) is 9.86. The zero-order valence-electron chi connectivity index (χ0n) is 11.2. The van der Waals surface area contributed by atoms with Gasteiger partial charge >= 0.3 is 0 Å². The van der Waals surface area contributed by atoms with E-state index in [4.69, 9.17) is 33.7 Å². The van der Waals surface area contributed by atoms with Crippen LogP contribution in [0.1, 0.15) is 12.5 Å². The van der Waals surface area contributed by atoms with Crippen LogP contribution in [-0.4, -0.2) is 6.04 Å². The van der Waals surface area contributed by atoms with Crippen molar-refractivity contribution < 1.29 is 4.74 Å². The van der Waals surface area contributed by atoms with Crippen molar-refractivity contribution >= 4 is 55.1 Å². The lowest BCUT2D eigenvalue weighted by atomic mass is 10.1. The number of hydrogen-bond acceptors (Lipinski definition) is 2. The summed E-state index contributed by atoms with van der Waals surface area (Å²) in [6, 6.07) is 9.27. The van der Waals surface area contributed by atoms with Crippen LogP contribution in [-0.2, 0) is 6.42 Å². The Hall–Kier alpha value is -0.260. The fraction of sp³-hybridized carbons (Fsp3) is 0.200. The normalized spacial score (nSPS) is 12.3. The minimum absolute atomic E-state index is 0.0394. The second-order valence-electron chi connectivity index (χ2n) is 4.73. The van der Waals surface area contributed by atoms with Crippen LogP contribution in [0.15, 0.2) is 39.3 Å². The van der Waals surface area contributed by atoms with Gasteiger partial charge in [0, 0.05) is 21.1 Å². The topological polar surface area (TPSA) is 35.2 Å². The van der Waals surface area contributed by atoms with Gasteiger partial charge in [-0.2, -0.15) is 0 Å². The highest BCUT2D eigenvalue weighted by Gasteiger charge is 2.12. The molecule has 0 amide bonds. The summed E-state index contributed by atoms with van der Waals surface area (Å²) in [5, 5.41) is 1.02. The molecule has 2 N–H and O–H groups in total. The Labute approximate surface area is 150 Å². The van der Waals surface area contributed by atoms with Gasteiger partial charge in [0.2, 0.25) is 0 Å². The summed E-state index contributed by atoms with van der Waals surface area (Å²) in [5.74, 6) is 1.22. The number of hydrogen-bond donors (Lipinski definition) is 1. The minimum atomic E-state index is 0.0394. The lowest BCUT2D eigenvalue weighted by Crippen LogP contribution is -2.18. The Morgan fingerprint density at radius 2 is 1.81 bits per heavy atom. The van der Waals surface area contributed by atoms with E-state index in [0.717, 1.165) is 14.5 Å². The SMILES string of the molecule is CC(N)Cc1ccc(Br)cc1Oc1cc(Cl)c(Br)cc1Cl. The molecule has 2 aromatic carbocycles. The van der Waals surface area contributed by atoms with Crippen LogP contribution in [0.25, 0.3) is 0 Å². The van der Waals surface area contributed by atoms with E-state index >= 15 is 0 Å². The third-order valence-corrected chi connectivity index (χ3v) is 4.75. The van der Waals surface area contributed by atoms with Crippen LogP contribution in [0.4, 0.5) is 0 Å². The van der Waals surface area contributed by atoms with Crippen molar-refractivity contribution in [2.75, 3.05) is 0 Å². The van der Waals surface area contributed by atoms with E-state index in [1.54, 1.807) is 12.1 Å². The van der Waals surface area contributed by atoms with Gasteiger partial charge < -0.3 is 10.5 Å². The quantitative estimate of drug-likeness (QED) is 0.559. The van der Waals surface area contributed by atoms with E-state index in [1.807, 2.05) is 25.1 Å². The molecule has 2 nitrogen and oxygen atoms in total. The fourth-order valence-electron chi connectivity index (χ4n) is 1.84. The van der Waals surface area contributed by atoms with E-state index in [9.17, 15) is 0 Å². The van der Waals surface area contributed by atoms with Crippen LogP contribution in [0, 0.1) is 0 Å². The van der Waals surface area contributed by atoms with Crippen molar-refractivity contribution in [3.05, 3.63) is 54.9 Å². The Kier molecular flexibility index (Phi) is 5.97. The van der Waals surface area contributed by atoms with Crippen LogP contribution >= 0.6 is 55.1 Å². The summed E-state index contributed by atoms with van der Waals surface area (Å²) in [7, 11) is 0. The van der Waals surface area contributed by atoms with Gasteiger partial charge in [-0.1, -0.05) is 45.2 Å². The molecule has 6 heteroatoms. The molecule has 1 atom stereocenters. The Morgan fingerprint density at radius 3 is 2.48 bits per heavy atom. The monoisotopic (exact) mass is 451 g/mol. The Balaban J connectivity index is 2.38. The standard InChI is InChI=1S/C15H13Br2Cl2NO/c1-8(20)4-9-2-3-10(16)5-14(9)21-15-7-12(18)11(17)6-13(15)19/h2-3,5-8H,4,20H2,1H3. The Morgan fingerprint density at radius 1 is 1.10 bits per heavy atom. The molecule has 2 aromatic rings. The van der Waals surface area contributed by atoms with Gasteiger partial charge in [-0.15, -0.1) is 0 Å². The maximum atomic E-state index is 6.20. The zero-order valence-corrected chi connectivity index (χ0v) is 15.9. The number of ether oxygens (including phenoxy) is 1. The first-order valence-corrected chi connectivity index (χ1v) is 8.57. The number of benzene rings is 2. The highest BCUT2D eigenvalue weighted by Crippen LogP contribution is 2.38. The predicted molar refractivity (Wildman–Crippen MR) is 95.7 cm³/mol. The molecule has 2 rings (SSSR count). The third kappa shape index (κ3) is 4.60. The molecule has 0 aliphatic rings. The lowest BCUT2D eigenvalue weighted by molar-refractivity contribution is 0.473. The van der Waals surface area contributed by atoms with E-state index < -0.39 is 0 Å². The van der Waals surface area contributed by atoms with Crippen LogP contribution < -0.4 is 10.5 Å². The second kappa shape index (κ2) is 7.34. The first-order valence-electron chi connectivity index (χ1n) is 6.23. The summed E-state index contributed by atoms with van der Waals surface area (Å²) in [5.41, 5.74) is 6.89. The van der Waals surface area contributed by atoms with Crippen molar-refractivity contribution in [2.24, 2.45) is 5.73 Å². The number of halogens is 4. The second-order valence-corrected chi connectivity index (χ2v) is 7.32. The van der Waals surface area contributed by atoms with Gasteiger partial charge in [0.05, 0.1) is 10.0 Å². The molecule has 0 radical (unpaired) electrons. The van der Waals surface area contributed by atoms with Crippen LogP contribution in [0.5, 0.6) is 11.5 Å². The highest BCUT2D eigenvalue weighted by atomic mass is 79.9. The lowest BCUT2D eigenvalue weighted by Gasteiger charge is -2.15. The van der Waals surface area contributed by atoms with Crippen molar-refractivity contribution in [1.29, 1.82) is 0 Å². The number of rotatable bonds is 4. The summed E-state index contributed by atoms with van der Waals surface area (Å²) >= 11 is 19.1. The van der Waals surface area contributed by atoms with Gasteiger partial charge in [0.15, 0.2) is 0 Å². The van der Waals surface area contributed by atoms with Gasteiger partial charge in [0.25, 0.3) is 0 Å². The van der Waals surface area contributed by atoms with Crippen LogP contribution in [0.3, 0.4) is 0 Å². The Bertz CT molecular complexity index is 662.